The standard InChI is InChI=1S/C31H41N3O2/c1-3-21(2)30(35)33-29(23-13-8-5-9-14-23)31(36)34-18-10-15-28(34)27-20-32-19-26-24(16-17-25(26)27)22-11-6-4-7-12-22/h4,6-7,11-12,19-21,23-24,28-29H,3,5,8-10,13-18H2,1-2H3,(H,33,35). The molecule has 2 heterocycles. The van der Waals surface area contributed by atoms with Crippen LogP contribution in [0.2, 0.25) is 0 Å². The molecule has 5 nitrogen and oxygen atoms in total. The Morgan fingerprint density at radius 3 is 2.50 bits per heavy atom. The summed E-state index contributed by atoms with van der Waals surface area (Å²) in [6, 6.07) is 10.4. The van der Waals surface area contributed by atoms with Crippen molar-refractivity contribution in [2.24, 2.45) is 11.8 Å². The monoisotopic (exact) mass is 487 g/mol. The third kappa shape index (κ3) is 4.94. The number of carbonyl (C=O) groups is 2. The van der Waals surface area contributed by atoms with E-state index >= 15 is 0 Å². The Morgan fingerprint density at radius 1 is 1.00 bits per heavy atom. The number of benzene rings is 1. The van der Waals surface area contributed by atoms with Gasteiger partial charge >= 0.3 is 0 Å². The van der Waals surface area contributed by atoms with Gasteiger partial charge in [0.25, 0.3) is 0 Å². The highest BCUT2D eigenvalue weighted by molar-refractivity contribution is 5.89. The van der Waals surface area contributed by atoms with Gasteiger partial charge < -0.3 is 10.2 Å². The van der Waals surface area contributed by atoms with Crippen molar-refractivity contribution in [3.8, 4) is 0 Å². The lowest BCUT2D eigenvalue weighted by molar-refractivity contribution is -0.140. The lowest BCUT2D eigenvalue weighted by Gasteiger charge is -2.36. The van der Waals surface area contributed by atoms with Crippen molar-refractivity contribution in [1.29, 1.82) is 0 Å². The quantitative estimate of drug-likeness (QED) is 0.526. The van der Waals surface area contributed by atoms with Crippen molar-refractivity contribution in [1.82, 2.24) is 15.2 Å². The summed E-state index contributed by atoms with van der Waals surface area (Å²) < 4.78 is 0. The van der Waals surface area contributed by atoms with Gasteiger partial charge in [-0.3, -0.25) is 14.6 Å². The summed E-state index contributed by atoms with van der Waals surface area (Å²) in [5.41, 5.74) is 5.29. The number of aromatic nitrogens is 1. The predicted molar refractivity (Wildman–Crippen MR) is 142 cm³/mol. The molecule has 36 heavy (non-hydrogen) atoms. The average Bonchev–Trinajstić information content (AvgIpc) is 3.59. The molecule has 5 rings (SSSR count). The van der Waals surface area contributed by atoms with E-state index in [1.54, 1.807) is 0 Å². The van der Waals surface area contributed by atoms with Gasteiger partial charge in [0, 0.05) is 30.8 Å². The zero-order chi connectivity index (χ0) is 25.1. The van der Waals surface area contributed by atoms with Crippen molar-refractivity contribution in [3.63, 3.8) is 0 Å². The van der Waals surface area contributed by atoms with Crippen LogP contribution in [0.15, 0.2) is 42.7 Å². The molecule has 192 valence electrons. The molecule has 0 spiro atoms. The van der Waals surface area contributed by atoms with E-state index in [0.717, 1.165) is 64.3 Å². The maximum atomic E-state index is 14.2. The third-order valence-electron chi connectivity index (χ3n) is 9.02. The minimum Gasteiger partial charge on any atom is -0.344 e. The Bertz CT molecular complexity index is 1060. The summed E-state index contributed by atoms with van der Waals surface area (Å²) in [6.07, 6.45) is 14.5. The second-order valence-electron chi connectivity index (χ2n) is 11.2. The fourth-order valence-electron chi connectivity index (χ4n) is 6.73. The van der Waals surface area contributed by atoms with Crippen LogP contribution in [-0.4, -0.2) is 34.3 Å². The molecule has 1 saturated heterocycles. The summed E-state index contributed by atoms with van der Waals surface area (Å²) in [6.45, 7) is 4.75. The number of likely N-dealkylation sites (tertiary alicyclic amines) is 1. The van der Waals surface area contributed by atoms with Crippen LogP contribution in [0.4, 0.5) is 0 Å². The first kappa shape index (κ1) is 25.0. The topological polar surface area (TPSA) is 62.3 Å². The second kappa shape index (κ2) is 11.1. The number of hydrogen-bond donors (Lipinski definition) is 1. The van der Waals surface area contributed by atoms with Crippen LogP contribution in [0.3, 0.4) is 0 Å². The Balaban J connectivity index is 1.41. The van der Waals surface area contributed by atoms with Gasteiger partial charge in [0.1, 0.15) is 6.04 Å². The summed E-state index contributed by atoms with van der Waals surface area (Å²) in [4.78, 5) is 33.8. The van der Waals surface area contributed by atoms with Crippen LogP contribution < -0.4 is 5.32 Å². The molecule has 0 bridgehead atoms. The number of fused-ring (bicyclic) bond motifs is 1. The van der Waals surface area contributed by atoms with Gasteiger partial charge in [-0.1, -0.05) is 63.4 Å². The number of amides is 2. The van der Waals surface area contributed by atoms with E-state index < -0.39 is 6.04 Å². The first-order valence-corrected chi connectivity index (χ1v) is 14.2. The maximum Gasteiger partial charge on any atom is 0.245 e. The lowest BCUT2D eigenvalue weighted by Crippen LogP contribution is -2.53. The van der Waals surface area contributed by atoms with Crippen molar-refractivity contribution in [2.75, 3.05) is 6.54 Å². The van der Waals surface area contributed by atoms with Crippen molar-refractivity contribution >= 4 is 11.8 Å². The van der Waals surface area contributed by atoms with E-state index in [0.29, 0.717) is 5.92 Å². The van der Waals surface area contributed by atoms with E-state index in [-0.39, 0.29) is 29.7 Å². The first-order valence-electron chi connectivity index (χ1n) is 14.2. The van der Waals surface area contributed by atoms with Crippen LogP contribution in [0.25, 0.3) is 0 Å². The van der Waals surface area contributed by atoms with Crippen molar-refractivity contribution < 1.29 is 9.59 Å². The van der Waals surface area contributed by atoms with Gasteiger partial charge in [0.2, 0.25) is 11.8 Å². The second-order valence-corrected chi connectivity index (χ2v) is 11.2. The fraction of sp³-hybridized carbons (Fsp3) is 0.581. The van der Waals surface area contributed by atoms with E-state index in [4.69, 9.17) is 0 Å². The summed E-state index contributed by atoms with van der Waals surface area (Å²) in [5, 5.41) is 3.22. The molecular formula is C31H41N3O2. The molecule has 1 saturated carbocycles. The van der Waals surface area contributed by atoms with Gasteiger partial charge in [-0.2, -0.15) is 0 Å². The smallest absolute Gasteiger partial charge is 0.245 e. The highest BCUT2D eigenvalue weighted by Gasteiger charge is 2.40. The number of hydrogen-bond acceptors (Lipinski definition) is 3. The molecule has 0 radical (unpaired) electrons. The number of carbonyl (C=O) groups excluding carboxylic acids is 2. The summed E-state index contributed by atoms with van der Waals surface area (Å²) in [5.74, 6) is 0.683. The minimum absolute atomic E-state index is 0.0187. The number of nitrogens with zero attached hydrogens (tertiary/aromatic N) is 2. The highest BCUT2D eigenvalue weighted by Crippen LogP contribution is 2.44. The van der Waals surface area contributed by atoms with E-state index in [9.17, 15) is 9.59 Å². The molecule has 4 atom stereocenters. The third-order valence-corrected chi connectivity index (χ3v) is 9.02. The molecule has 2 aliphatic carbocycles. The number of rotatable bonds is 7. The molecule has 1 N–H and O–H groups in total. The van der Waals surface area contributed by atoms with Crippen LogP contribution >= 0.6 is 0 Å². The molecular weight excluding hydrogens is 446 g/mol. The molecule has 1 aromatic heterocycles. The van der Waals surface area contributed by atoms with E-state index in [2.05, 4.69) is 45.5 Å². The van der Waals surface area contributed by atoms with E-state index in [1.165, 1.54) is 28.7 Å². The van der Waals surface area contributed by atoms with Crippen LogP contribution in [0.5, 0.6) is 0 Å². The minimum atomic E-state index is -0.408. The summed E-state index contributed by atoms with van der Waals surface area (Å²) >= 11 is 0. The number of pyridine rings is 1. The molecule has 3 aliphatic rings. The molecule has 4 unspecified atom stereocenters. The van der Waals surface area contributed by atoms with Gasteiger partial charge in [0.05, 0.1) is 6.04 Å². The molecule has 5 heteroatoms. The fourth-order valence-corrected chi connectivity index (χ4v) is 6.73. The molecule has 1 aromatic carbocycles. The lowest BCUT2D eigenvalue weighted by atomic mass is 9.82. The zero-order valence-electron chi connectivity index (χ0n) is 21.9. The SMILES string of the molecule is CCC(C)C(=O)NC(C(=O)N1CCCC1c1cncc2c1CCC2c1ccccc1)C1CCCCC1. The molecule has 2 amide bonds. The van der Waals surface area contributed by atoms with Gasteiger partial charge in [-0.15, -0.1) is 0 Å². The first-order chi connectivity index (χ1) is 17.6. The Kier molecular flexibility index (Phi) is 7.73. The molecule has 1 aliphatic heterocycles. The normalized spacial score (nSPS) is 23.8. The Morgan fingerprint density at radius 2 is 1.75 bits per heavy atom. The summed E-state index contributed by atoms with van der Waals surface area (Å²) in [7, 11) is 0. The number of nitrogens with one attached hydrogen (secondary N) is 1. The average molecular weight is 488 g/mol. The van der Waals surface area contributed by atoms with Gasteiger partial charge in [0.15, 0.2) is 0 Å². The van der Waals surface area contributed by atoms with Crippen LogP contribution in [-0.2, 0) is 16.0 Å². The van der Waals surface area contributed by atoms with Crippen LogP contribution in [0, 0.1) is 11.8 Å². The van der Waals surface area contributed by atoms with Crippen LogP contribution in [0.1, 0.15) is 106 Å². The Labute approximate surface area is 216 Å². The largest absolute Gasteiger partial charge is 0.344 e. The van der Waals surface area contributed by atoms with Crippen molar-refractivity contribution in [3.05, 3.63) is 65.0 Å². The molecule has 2 fully saturated rings. The maximum absolute atomic E-state index is 14.2. The van der Waals surface area contributed by atoms with Crippen molar-refractivity contribution in [2.45, 2.75) is 96.1 Å². The van der Waals surface area contributed by atoms with Gasteiger partial charge in [-0.25, -0.2) is 0 Å². The van der Waals surface area contributed by atoms with Gasteiger partial charge in [-0.05, 0) is 73.1 Å². The molecule has 2 aromatic rings. The Hall–Kier alpha value is -2.69. The highest BCUT2D eigenvalue weighted by atomic mass is 16.2. The zero-order valence-corrected chi connectivity index (χ0v) is 21.9. The van der Waals surface area contributed by atoms with E-state index in [1.807, 2.05) is 26.2 Å². The predicted octanol–water partition coefficient (Wildman–Crippen LogP) is 5.93.